The first kappa shape index (κ1) is 17.3. The summed E-state index contributed by atoms with van der Waals surface area (Å²) in [6, 6.07) is 3.78. The van der Waals surface area contributed by atoms with Crippen molar-refractivity contribution in [2.24, 2.45) is 11.3 Å². The van der Waals surface area contributed by atoms with Gasteiger partial charge in [-0.25, -0.2) is 4.98 Å². The van der Waals surface area contributed by atoms with E-state index in [0.717, 1.165) is 31.7 Å². The molecule has 0 unspecified atom stereocenters. The number of carbonyl (C=O) groups is 2. The molecule has 1 aromatic rings. The molecule has 6 nitrogen and oxygen atoms in total. The molecule has 140 valence electrons. The Labute approximate surface area is 154 Å². The van der Waals surface area contributed by atoms with Crippen LogP contribution in [0.2, 0.25) is 0 Å². The summed E-state index contributed by atoms with van der Waals surface area (Å²) in [4.78, 5) is 33.2. The number of carbonyl (C=O) groups excluding carboxylic acids is 1. The largest absolute Gasteiger partial charge is 0.481 e. The number of rotatable bonds is 3. The summed E-state index contributed by atoms with van der Waals surface area (Å²) in [5.74, 6) is 0.192. The second kappa shape index (κ2) is 6.89. The first-order valence-corrected chi connectivity index (χ1v) is 9.84. The Morgan fingerprint density at radius 1 is 1.12 bits per heavy atom. The van der Waals surface area contributed by atoms with E-state index in [1.807, 2.05) is 12.1 Å². The van der Waals surface area contributed by atoms with Gasteiger partial charge in [-0.3, -0.25) is 9.59 Å². The van der Waals surface area contributed by atoms with E-state index in [2.05, 4.69) is 9.88 Å². The SMILES string of the molecule is O=C(c1ccc(N2CCCCCC2)nc1)N1C[C@@H]2CCC[C@@]2(C(=O)O)C1. The van der Waals surface area contributed by atoms with Gasteiger partial charge in [-0.1, -0.05) is 19.3 Å². The van der Waals surface area contributed by atoms with Crippen molar-refractivity contribution in [3.63, 3.8) is 0 Å². The van der Waals surface area contributed by atoms with Gasteiger partial charge in [0.2, 0.25) is 0 Å². The van der Waals surface area contributed by atoms with Crippen LogP contribution < -0.4 is 4.90 Å². The summed E-state index contributed by atoms with van der Waals surface area (Å²) >= 11 is 0. The number of hydrogen-bond donors (Lipinski definition) is 1. The first-order valence-electron chi connectivity index (χ1n) is 9.84. The van der Waals surface area contributed by atoms with Crippen molar-refractivity contribution >= 4 is 17.7 Å². The third-order valence-corrected chi connectivity index (χ3v) is 6.51. The Bertz CT molecular complexity index is 682. The Balaban J connectivity index is 1.46. The average molecular weight is 357 g/mol. The van der Waals surface area contributed by atoms with Crippen molar-refractivity contribution in [3.8, 4) is 0 Å². The quantitative estimate of drug-likeness (QED) is 0.900. The van der Waals surface area contributed by atoms with Gasteiger partial charge in [0.15, 0.2) is 0 Å². The molecular formula is C20H27N3O3. The van der Waals surface area contributed by atoms with Crippen molar-refractivity contribution in [3.05, 3.63) is 23.9 Å². The zero-order chi connectivity index (χ0) is 18.1. The van der Waals surface area contributed by atoms with Gasteiger partial charge in [-0.2, -0.15) is 0 Å². The first-order chi connectivity index (χ1) is 12.6. The highest BCUT2D eigenvalue weighted by atomic mass is 16.4. The van der Waals surface area contributed by atoms with Crippen LogP contribution >= 0.6 is 0 Å². The molecule has 1 saturated carbocycles. The summed E-state index contributed by atoms with van der Waals surface area (Å²) in [6.45, 7) is 2.93. The van der Waals surface area contributed by atoms with Crippen LogP contribution in [-0.4, -0.2) is 53.0 Å². The Kier molecular flexibility index (Phi) is 4.59. The molecular weight excluding hydrogens is 330 g/mol. The predicted octanol–water partition coefficient (Wildman–Crippen LogP) is 2.79. The number of carboxylic acids is 1. The van der Waals surface area contributed by atoms with Crippen molar-refractivity contribution in [2.75, 3.05) is 31.1 Å². The zero-order valence-electron chi connectivity index (χ0n) is 15.2. The van der Waals surface area contributed by atoms with Crippen LogP contribution in [0.4, 0.5) is 5.82 Å². The van der Waals surface area contributed by atoms with E-state index in [4.69, 9.17) is 0 Å². The molecule has 0 radical (unpaired) electrons. The molecule has 2 aliphatic heterocycles. The second-order valence-corrected chi connectivity index (χ2v) is 8.04. The number of aromatic nitrogens is 1. The fourth-order valence-electron chi connectivity index (χ4n) is 4.98. The minimum Gasteiger partial charge on any atom is -0.481 e. The van der Waals surface area contributed by atoms with Crippen molar-refractivity contribution in [1.29, 1.82) is 0 Å². The number of hydrogen-bond acceptors (Lipinski definition) is 4. The molecule has 3 heterocycles. The second-order valence-electron chi connectivity index (χ2n) is 8.04. The molecule has 1 N–H and O–H groups in total. The fraction of sp³-hybridized carbons (Fsp3) is 0.650. The third kappa shape index (κ3) is 2.95. The molecule has 26 heavy (non-hydrogen) atoms. The minimum atomic E-state index is -0.745. The van der Waals surface area contributed by atoms with Gasteiger partial charge < -0.3 is 14.9 Å². The van der Waals surface area contributed by atoms with E-state index in [0.29, 0.717) is 25.1 Å². The highest BCUT2D eigenvalue weighted by Gasteiger charge is 2.55. The van der Waals surface area contributed by atoms with Gasteiger partial charge in [0.25, 0.3) is 5.91 Å². The van der Waals surface area contributed by atoms with Crippen LogP contribution in [-0.2, 0) is 4.79 Å². The lowest BCUT2D eigenvalue weighted by atomic mass is 9.81. The maximum atomic E-state index is 12.9. The number of carboxylic acid groups (broad SMARTS) is 1. The van der Waals surface area contributed by atoms with Crippen LogP contribution in [0.15, 0.2) is 18.3 Å². The molecule has 1 amide bonds. The van der Waals surface area contributed by atoms with Crippen LogP contribution in [0, 0.1) is 11.3 Å². The number of likely N-dealkylation sites (tertiary alicyclic amines) is 1. The number of fused-ring (bicyclic) bond motifs is 1. The van der Waals surface area contributed by atoms with Crippen LogP contribution in [0.3, 0.4) is 0 Å². The molecule has 0 spiro atoms. The normalized spacial score (nSPS) is 28.7. The van der Waals surface area contributed by atoms with Gasteiger partial charge in [-0.15, -0.1) is 0 Å². The topological polar surface area (TPSA) is 73.7 Å². The number of amides is 1. The number of pyridine rings is 1. The summed E-state index contributed by atoms with van der Waals surface area (Å²) in [7, 11) is 0. The van der Waals surface area contributed by atoms with E-state index in [9.17, 15) is 14.7 Å². The van der Waals surface area contributed by atoms with E-state index in [-0.39, 0.29) is 11.8 Å². The van der Waals surface area contributed by atoms with Gasteiger partial charge >= 0.3 is 5.97 Å². The molecule has 1 aromatic heterocycles. The summed E-state index contributed by atoms with van der Waals surface area (Å²) < 4.78 is 0. The Morgan fingerprint density at radius 2 is 1.88 bits per heavy atom. The smallest absolute Gasteiger partial charge is 0.311 e. The molecule has 4 rings (SSSR count). The van der Waals surface area contributed by atoms with Crippen molar-refractivity contribution in [1.82, 2.24) is 9.88 Å². The average Bonchev–Trinajstić information content (AvgIpc) is 3.09. The Morgan fingerprint density at radius 3 is 2.50 bits per heavy atom. The molecule has 2 saturated heterocycles. The highest BCUT2D eigenvalue weighted by Crippen LogP contribution is 2.49. The van der Waals surface area contributed by atoms with Crippen molar-refractivity contribution in [2.45, 2.75) is 44.9 Å². The lowest BCUT2D eigenvalue weighted by Gasteiger charge is -2.24. The van der Waals surface area contributed by atoms with Crippen molar-refractivity contribution < 1.29 is 14.7 Å². The van der Waals surface area contributed by atoms with E-state index < -0.39 is 11.4 Å². The van der Waals surface area contributed by atoms with Gasteiger partial charge in [0.1, 0.15) is 5.82 Å². The van der Waals surface area contributed by atoms with Crippen LogP contribution in [0.5, 0.6) is 0 Å². The number of aliphatic carboxylic acids is 1. The molecule has 6 heteroatoms. The third-order valence-electron chi connectivity index (χ3n) is 6.51. The molecule has 1 aliphatic carbocycles. The molecule has 2 atom stereocenters. The molecule has 0 bridgehead atoms. The summed E-state index contributed by atoms with van der Waals surface area (Å²) in [6.07, 6.45) is 9.12. The maximum Gasteiger partial charge on any atom is 0.311 e. The van der Waals surface area contributed by atoms with Crippen LogP contribution in [0.1, 0.15) is 55.3 Å². The fourth-order valence-corrected chi connectivity index (χ4v) is 4.98. The van der Waals surface area contributed by atoms with E-state index >= 15 is 0 Å². The maximum absolute atomic E-state index is 12.9. The molecule has 3 fully saturated rings. The van der Waals surface area contributed by atoms with E-state index in [1.165, 1.54) is 25.7 Å². The lowest BCUT2D eigenvalue weighted by Crippen LogP contribution is -2.37. The van der Waals surface area contributed by atoms with Gasteiger partial charge in [-0.05, 0) is 43.7 Å². The van der Waals surface area contributed by atoms with E-state index in [1.54, 1.807) is 11.1 Å². The highest BCUT2D eigenvalue weighted by molar-refractivity contribution is 5.95. The summed E-state index contributed by atoms with van der Waals surface area (Å²) in [5.41, 5.74) is -0.168. The number of anilines is 1. The standard InChI is InChI=1S/C20H27N3O3/c24-18(23-13-16-6-5-9-20(16,14-23)19(25)26)15-7-8-17(21-12-15)22-10-3-1-2-4-11-22/h7-8,12,16H,1-6,9-11,13-14H2,(H,25,26)/t16-,20+/m0/s1. The molecule has 0 aromatic carbocycles. The predicted molar refractivity (Wildman–Crippen MR) is 98.2 cm³/mol. The van der Waals surface area contributed by atoms with Crippen LogP contribution in [0.25, 0.3) is 0 Å². The number of nitrogens with zero attached hydrogens (tertiary/aromatic N) is 3. The lowest BCUT2D eigenvalue weighted by molar-refractivity contribution is -0.149. The monoisotopic (exact) mass is 357 g/mol. The zero-order valence-corrected chi connectivity index (χ0v) is 15.2. The summed E-state index contributed by atoms with van der Waals surface area (Å²) in [5, 5.41) is 9.69. The molecule has 3 aliphatic rings. The van der Waals surface area contributed by atoms with Gasteiger partial charge in [0.05, 0.1) is 11.0 Å². The minimum absolute atomic E-state index is 0.0880. The van der Waals surface area contributed by atoms with Gasteiger partial charge in [0, 0.05) is 32.4 Å². The Hall–Kier alpha value is -2.11.